The number of rotatable bonds is 2. The van der Waals surface area contributed by atoms with Crippen LogP contribution in [0, 0.1) is 0 Å². The fraction of sp³-hybridized carbons (Fsp3) is 0.333. The lowest BCUT2D eigenvalue weighted by Crippen LogP contribution is -2.35. The molecule has 1 aromatic rings. The summed E-state index contributed by atoms with van der Waals surface area (Å²) in [5.41, 5.74) is 1.77. The van der Waals surface area contributed by atoms with Crippen LogP contribution in [0.2, 0.25) is 0 Å². The maximum absolute atomic E-state index is 10.4. The van der Waals surface area contributed by atoms with Gasteiger partial charge < -0.3 is 5.32 Å². The van der Waals surface area contributed by atoms with E-state index in [9.17, 15) is 4.79 Å². The van der Waals surface area contributed by atoms with Crippen LogP contribution in [0.1, 0.15) is 28.4 Å². The van der Waals surface area contributed by atoms with Crippen LogP contribution in [-0.2, 0) is 0 Å². The van der Waals surface area contributed by atoms with Crippen molar-refractivity contribution in [3.05, 3.63) is 29.6 Å². The van der Waals surface area contributed by atoms with Crippen molar-refractivity contribution in [2.75, 3.05) is 6.54 Å². The summed E-state index contributed by atoms with van der Waals surface area (Å²) in [5.74, 6) is 0. The standard InChI is InChI=1S/C9H10N2O/c12-6-7-3-8(5-10-4-7)9-1-2-11-9/h3-6,9,11H,1-2H2. The number of hydrogen-bond acceptors (Lipinski definition) is 3. The third kappa shape index (κ3) is 1.23. The lowest BCUT2D eigenvalue weighted by molar-refractivity contribution is 0.112. The first-order valence-corrected chi connectivity index (χ1v) is 4.03. The number of hydrogen-bond donors (Lipinski definition) is 1. The SMILES string of the molecule is O=Cc1cncc(C2CCN2)c1. The second kappa shape index (κ2) is 3.03. The molecule has 0 bridgehead atoms. The third-order valence-corrected chi connectivity index (χ3v) is 2.14. The van der Waals surface area contributed by atoms with E-state index in [0.717, 1.165) is 24.8 Å². The average molecular weight is 162 g/mol. The number of aldehydes is 1. The molecule has 0 saturated carbocycles. The van der Waals surface area contributed by atoms with E-state index >= 15 is 0 Å². The molecular formula is C9H10N2O. The Balaban J connectivity index is 2.25. The summed E-state index contributed by atoms with van der Waals surface area (Å²) < 4.78 is 0. The van der Waals surface area contributed by atoms with Crippen molar-refractivity contribution < 1.29 is 4.79 Å². The van der Waals surface area contributed by atoms with Crippen LogP contribution in [-0.4, -0.2) is 17.8 Å². The molecule has 0 aliphatic carbocycles. The molecule has 3 heteroatoms. The van der Waals surface area contributed by atoms with Gasteiger partial charge in [-0.3, -0.25) is 9.78 Å². The zero-order valence-corrected chi connectivity index (χ0v) is 6.66. The summed E-state index contributed by atoms with van der Waals surface area (Å²) >= 11 is 0. The van der Waals surface area contributed by atoms with Crippen molar-refractivity contribution >= 4 is 6.29 Å². The molecule has 62 valence electrons. The van der Waals surface area contributed by atoms with E-state index in [1.165, 1.54) is 0 Å². The van der Waals surface area contributed by atoms with Gasteiger partial charge in [-0.15, -0.1) is 0 Å². The highest BCUT2D eigenvalue weighted by atomic mass is 16.1. The van der Waals surface area contributed by atoms with Crippen molar-refractivity contribution in [1.82, 2.24) is 10.3 Å². The molecule has 0 amide bonds. The smallest absolute Gasteiger partial charge is 0.151 e. The number of carbonyl (C=O) groups is 1. The van der Waals surface area contributed by atoms with E-state index < -0.39 is 0 Å². The van der Waals surface area contributed by atoms with Crippen molar-refractivity contribution in [3.63, 3.8) is 0 Å². The summed E-state index contributed by atoms with van der Waals surface area (Å²) in [6.07, 6.45) is 5.36. The van der Waals surface area contributed by atoms with Gasteiger partial charge in [-0.1, -0.05) is 0 Å². The van der Waals surface area contributed by atoms with Gasteiger partial charge in [0, 0.05) is 24.0 Å². The highest BCUT2D eigenvalue weighted by Crippen LogP contribution is 2.21. The molecule has 0 spiro atoms. The number of carbonyl (C=O) groups excluding carboxylic acids is 1. The molecule has 1 aliphatic rings. The van der Waals surface area contributed by atoms with Crippen LogP contribution >= 0.6 is 0 Å². The van der Waals surface area contributed by atoms with Crippen LogP contribution in [0.25, 0.3) is 0 Å². The minimum absolute atomic E-state index is 0.414. The van der Waals surface area contributed by atoms with Gasteiger partial charge >= 0.3 is 0 Å². The minimum atomic E-state index is 0.414. The molecule has 1 saturated heterocycles. The van der Waals surface area contributed by atoms with Crippen LogP contribution in [0.4, 0.5) is 0 Å². The maximum atomic E-state index is 10.4. The van der Waals surface area contributed by atoms with E-state index in [1.54, 1.807) is 6.20 Å². The van der Waals surface area contributed by atoms with E-state index in [2.05, 4.69) is 10.3 Å². The molecule has 1 aromatic heterocycles. The van der Waals surface area contributed by atoms with Gasteiger partial charge in [0.25, 0.3) is 0 Å². The van der Waals surface area contributed by atoms with Crippen molar-refractivity contribution in [3.8, 4) is 0 Å². The van der Waals surface area contributed by atoms with Gasteiger partial charge in [0.05, 0.1) is 0 Å². The van der Waals surface area contributed by atoms with Crippen LogP contribution in [0.3, 0.4) is 0 Å². The van der Waals surface area contributed by atoms with Crippen LogP contribution in [0.15, 0.2) is 18.5 Å². The van der Waals surface area contributed by atoms with Gasteiger partial charge in [-0.25, -0.2) is 0 Å². The number of aromatic nitrogens is 1. The van der Waals surface area contributed by atoms with Crippen molar-refractivity contribution in [2.24, 2.45) is 0 Å². The summed E-state index contributed by atoms with van der Waals surface area (Å²) in [5, 5.41) is 3.26. The maximum Gasteiger partial charge on any atom is 0.151 e. The predicted molar refractivity (Wildman–Crippen MR) is 45.0 cm³/mol. The van der Waals surface area contributed by atoms with Crippen molar-refractivity contribution in [2.45, 2.75) is 12.5 Å². The molecular weight excluding hydrogens is 152 g/mol. The number of pyridine rings is 1. The van der Waals surface area contributed by atoms with E-state index in [0.29, 0.717) is 11.6 Å². The quantitative estimate of drug-likeness (QED) is 0.658. The Kier molecular flexibility index (Phi) is 1.87. The molecule has 2 rings (SSSR count). The average Bonchev–Trinajstić information content (AvgIpc) is 2.02. The first-order valence-electron chi connectivity index (χ1n) is 4.03. The minimum Gasteiger partial charge on any atom is -0.310 e. The monoisotopic (exact) mass is 162 g/mol. The van der Waals surface area contributed by atoms with Gasteiger partial charge in [-0.2, -0.15) is 0 Å². The molecule has 1 atom stereocenters. The first kappa shape index (κ1) is 7.43. The molecule has 1 fully saturated rings. The van der Waals surface area contributed by atoms with Gasteiger partial charge in [0.1, 0.15) is 0 Å². The predicted octanol–water partition coefficient (Wildman–Crippen LogP) is 0.929. The molecule has 12 heavy (non-hydrogen) atoms. The van der Waals surface area contributed by atoms with E-state index in [4.69, 9.17) is 0 Å². The van der Waals surface area contributed by atoms with Gasteiger partial charge in [-0.05, 0) is 24.6 Å². The molecule has 1 aliphatic heterocycles. The van der Waals surface area contributed by atoms with Crippen molar-refractivity contribution in [1.29, 1.82) is 0 Å². The largest absolute Gasteiger partial charge is 0.310 e. The van der Waals surface area contributed by atoms with Crippen LogP contribution < -0.4 is 5.32 Å². The lowest BCUT2D eigenvalue weighted by Gasteiger charge is -2.27. The molecule has 3 nitrogen and oxygen atoms in total. The Hall–Kier alpha value is -1.22. The van der Waals surface area contributed by atoms with Crippen LogP contribution in [0.5, 0.6) is 0 Å². The number of nitrogens with one attached hydrogen (secondary N) is 1. The molecule has 1 unspecified atom stereocenters. The Labute approximate surface area is 70.8 Å². The summed E-state index contributed by atoms with van der Waals surface area (Å²) in [7, 11) is 0. The molecule has 1 N–H and O–H groups in total. The topological polar surface area (TPSA) is 42.0 Å². The fourth-order valence-corrected chi connectivity index (χ4v) is 1.30. The summed E-state index contributed by atoms with van der Waals surface area (Å²) in [6, 6.07) is 2.30. The molecule has 0 aromatic carbocycles. The summed E-state index contributed by atoms with van der Waals surface area (Å²) in [6.45, 7) is 1.07. The zero-order valence-electron chi connectivity index (χ0n) is 6.66. The Morgan fingerprint density at radius 1 is 1.58 bits per heavy atom. The highest BCUT2D eigenvalue weighted by molar-refractivity contribution is 5.74. The Bertz CT molecular complexity index is 294. The van der Waals surface area contributed by atoms with E-state index in [-0.39, 0.29) is 0 Å². The van der Waals surface area contributed by atoms with E-state index in [1.807, 2.05) is 12.3 Å². The fourth-order valence-electron chi connectivity index (χ4n) is 1.30. The Morgan fingerprint density at radius 3 is 3.00 bits per heavy atom. The molecule has 0 radical (unpaired) electrons. The Morgan fingerprint density at radius 2 is 2.42 bits per heavy atom. The second-order valence-corrected chi connectivity index (χ2v) is 2.96. The molecule has 2 heterocycles. The lowest BCUT2D eigenvalue weighted by atomic mass is 9.99. The second-order valence-electron chi connectivity index (χ2n) is 2.96. The first-order chi connectivity index (χ1) is 5.90. The third-order valence-electron chi connectivity index (χ3n) is 2.14. The van der Waals surface area contributed by atoms with Gasteiger partial charge in [0.15, 0.2) is 6.29 Å². The zero-order chi connectivity index (χ0) is 8.39. The highest BCUT2D eigenvalue weighted by Gasteiger charge is 2.18. The number of nitrogens with zero attached hydrogens (tertiary/aromatic N) is 1. The summed E-state index contributed by atoms with van der Waals surface area (Å²) in [4.78, 5) is 14.4. The normalized spacial score (nSPS) is 21.5. The van der Waals surface area contributed by atoms with Gasteiger partial charge in [0.2, 0.25) is 0 Å².